The summed E-state index contributed by atoms with van der Waals surface area (Å²) in [5.74, 6) is 1.62. The van der Waals surface area contributed by atoms with Crippen LogP contribution in [-0.2, 0) is 17.4 Å². The van der Waals surface area contributed by atoms with E-state index in [-0.39, 0.29) is 5.41 Å². The van der Waals surface area contributed by atoms with Crippen molar-refractivity contribution < 1.29 is 18.0 Å². The third kappa shape index (κ3) is 2.17. The quantitative estimate of drug-likeness (QED) is 0.647. The lowest BCUT2D eigenvalue weighted by Crippen LogP contribution is -2.42. The molecule has 0 radical (unpaired) electrons. The van der Waals surface area contributed by atoms with Crippen molar-refractivity contribution in [2.75, 3.05) is 0 Å². The number of fused-ring (bicyclic) bond motifs is 5. The predicted molar refractivity (Wildman–Crippen MR) is 81.1 cm³/mol. The number of aryl methyl sites for hydroxylation is 1. The van der Waals surface area contributed by atoms with Gasteiger partial charge in [-0.15, -0.1) is 0 Å². The van der Waals surface area contributed by atoms with Gasteiger partial charge >= 0.3 is 6.18 Å². The number of rotatable bonds is 0. The van der Waals surface area contributed by atoms with Gasteiger partial charge in [0.1, 0.15) is 5.78 Å². The average molecular weight is 322 g/mol. The lowest BCUT2D eigenvalue weighted by atomic mass is 9.55. The fraction of sp³-hybridized carbons (Fsp3) is 0.632. The summed E-state index contributed by atoms with van der Waals surface area (Å²) in [5.41, 5.74) is 1.26. The van der Waals surface area contributed by atoms with Crippen LogP contribution in [0, 0.1) is 17.3 Å². The molecule has 0 saturated heterocycles. The Hall–Kier alpha value is -1.32. The number of carbonyl (C=O) groups is 1. The first-order chi connectivity index (χ1) is 10.8. The van der Waals surface area contributed by atoms with Gasteiger partial charge in [-0.05, 0) is 73.1 Å². The minimum absolute atomic E-state index is 0.176. The van der Waals surface area contributed by atoms with E-state index in [2.05, 4.69) is 6.92 Å². The van der Waals surface area contributed by atoms with Crippen LogP contribution in [0.5, 0.6) is 0 Å². The number of ketones is 1. The largest absolute Gasteiger partial charge is 0.416 e. The summed E-state index contributed by atoms with van der Waals surface area (Å²) < 4.78 is 38.8. The molecule has 4 heteroatoms. The molecule has 1 nitrogen and oxygen atoms in total. The maximum Gasteiger partial charge on any atom is 0.416 e. The van der Waals surface area contributed by atoms with Crippen LogP contribution in [0.25, 0.3) is 0 Å². The molecule has 2 unspecified atom stereocenters. The van der Waals surface area contributed by atoms with Gasteiger partial charge in [0.15, 0.2) is 0 Å². The maximum absolute atomic E-state index is 12.9. The topological polar surface area (TPSA) is 17.1 Å². The molecule has 2 fully saturated rings. The highest BCUT2D eigenvalue weighted by Crippen LogP contribution is 2.59. The highest BCUT2D eigenvalue weighted by Gasteiger charge is 2.54. The Morgan fingerprint density at radius 3 is 2.65 bits per heavy atom. The van der Waals surface area contributed by atoms with Crippen LogP contribution in [0.2, 0.25) is 0 Å². The number of alkyl halides is 3. The van der Waals surface area contributed by atoms with Crippen molar-refractivity contribution in [3.8, 4) is 0 Å². The molecule has 23 heavy (non-hydrogen) atoms. The van der Waals surface area contributed by atoms with Gasteiger partial charge in [0.2, 0.25) is 0 Å². The molecule has 0 aromatic heterocycles. The first-order valence-corrected chi connectivity index (χ1v) is 8.54. The smallest absolute Gasteiger partial charge is 0.299 e. The standard InChI is InChI=1S/C19H21F3O/c1-18-9-8-14-13-5-3-12(19(20,21)22)10-11(13)2-4-15(14)16(18)6-7-17(18)23/h3,5,10,14-16H,2,4,6-9H2,1H3/t14?,15-,16?,18+/m1/s1. The van der Waals surface area contributed by atoms with Gasteiger partial charge in [0, 0.05) is 11.8 Å². The molecule has 1 aromatic carbocycles. The Morgan fingerprint density at radius 1 is 1.13 bits per heavy atom. The van der Waals surface area contributed by atoms with Gasteiger partial charge in [-0.1, -0.05) is 13.0 Å². The zero-order valence-electron chi connectivity index (χ0n) is 13.2. The Bertz CT molecular complexity index is 663. The van der Waals surface area contributed by atoms with Crippen molar-refractivity contribution in [3.63, 3.8) is 0 Å². The molecule has 0 N–H and O–H groups in total. The van der Waals surface area contributed by atoms with Crippen LogP contribution in [0.15, 0.2) is 18.2 Å². The molecule has 3 aliphatic carbocycles. The lowest BCUT2D eigenvalue weighted by molar-refractivity contribution is -0.137. The molecule has 0 amide bonds. The fourth-order valence-corrected chi connectivity index (χ4v) is 5.53. The summed E-state index contributed by atoms with van der Waals surface area (Å²) >= 11 is 0. The van der Waals surface area contributed by atoms with Gasteiger partial charge in [0.25, 0.3) is 0 Å². The summed E-state index contributed by atoms with van der Waals surface area (Å²) in [6.07, 6.45) is 0.833. The highest BCUT2D eigenvalue weighted by atomic mass is 19.4. The third-order valence-electron chi connectivity index (χ3n) is 6.76. The molecule has 0 bridgehead atoms. The highest BCUT2D eigenvalue weighted by molar-refractivity contribution is 5.87. The SMILES string of the molecule is C[C@]12CCC3c4ccc(C(F)(F)F)cc4CC[C@H]3C1CCC2=O. The number of Topliss-reactive ketones (excluding diaryl/α,β-unsaturated/α-hetero) is 1. The van der Waals surface area contributed by atoms with E-state index in [1.54, 1.807) is 6.07 Å². The van der Waals surface area contributed by atoms with Crippen LogP contribution < -0.4 is 0 Å². The normalized spacial score (nSPS) is 36.3. The molecule has 3 aliphatic rings. The molecule has 4 atom stereocenters. The van der Waals surface area contributed by atoms with Crippen LogP contribution in [0.1, 0.15) is 61.6 Å². The van der Waals surface area contributed by atoms with Crippen LogP contribution >= 0.6 is 0 Å². The minimum atomic E-state index is -4.27. The van der Waals surface area contributed by atoms with Gasteiger partial charge in [-0.2, -0.15) is 13.2 Å². The Balaban J connectivity index is 1.69. The van der Waals surface area contributed by atoms with E-state index in [0.29, 0.717) is 36.4 Å². The van der Waals surface area contributed by atoms with E-state index in [1.165, 1.54) is 12.1 Å². The second-order valence-electron chi connectivity index (χ2n) is 7.74. The third-order valence-corrected chi connectivity index (χ3v) is 6.76. The van der Waals surface area contributed by atoms with E-state index < -0.39 is 11.7 Å². The number of halogens is 3. The maximum atomic E-state index is 12.9. The molecule has 4 rings (SSSR count). The van der Waals surface area contributed by atoms with Crippen LogP contribution in [-0.4, -0.2) is 5.78 Å². The number of hydrogen-bond acceptors (Lipinski definition) is 1. The second kappa shape index (κ2) is 4.84. The van der Waals surface area contributed by atoms with Crippen molar-refractivity contribution in [3.05, 3.63) is 34.9 Å². The molecule has 0 aliphatic heterocycles. The van der Waals surface area contributed by atoms with E-state index in [1.807, 2.05) is 0 Å². The van der Waals surface area contributed by atoms with Crippen molar-refractivity contribution in [2.24, 2.45) is 17.3 Å². The summed E-state index contributed by atoms with van der Waals surface area (Å²) in [6.45, 7) is 2.12. The Labute approximate surface area is 134 Å². The van der Waals surface area contributed by atoms with E-state index >= 15 is 0 Å². The number of hydrogen-bond donors (Lipinski definition) is 0. The fourth-order valence-electron chi connectivity index (χ4n) is 5.53. The van der Waals surface area contributed by atoms with Crippen molar-refractivity contribution in [1.29, 1.82) is 0 Å². The first kappa shape index (κ1) is 15.2. The molecule has 1 aromatic rings. The van der Waals surface area contributed by atoms with E-state index in [0.717, 1.165) is 36.8 Å². The first-order valence-electron chi connectivity index (χ1n) is 8.54. The molecule has 0 heterocycles. The summed E-state index contributed by atoms with van der Waals surface area (Å²) in [7, 11) is 0. The van der Waals surface area contributed by atoms with Crippen molar-refractivity contribution in [2.45, 2.75) is 57.5 Å². The van der Waals surface area contributed by atoms with Crippen molar-refractivity contribution in [1.82, 2.24) is 0 Å². The van der Waals surface area contributed by atoms with Crippen molar-refractivity contribution >= 4 is 5.78 Å². The molecule has 0 spiro atoms. The molecular formula is C19H21F3O. The second-order valence-corrected chi connectivity index (χ2v) is 7.74. The van der Waals surface area contributed by atoms with Crippen LogP contribution in [0.3, 0.4) is 0 Å². The minimum Gasteiger partial charge on any atom is -0.299 e. The van der Waals surface area contributed by atoms with E-state index in [4.69, 9.17) is 0 Å². The van der Waals surface area contributed by atoms with Gasteiger partial charge in [-0.3, -0.25) is 4.79 Å². The Morgan fingerprint density at radius 2 is 1.91 bits per heavy atom. The zero-order chi connectivity index (χ0) is 16.4. The van der Waals surface area contributed by atoms with Gasteiger partial charge < -0.3 is 0 Å². The van der Waals surface area contributed by atoms with E-state index in [9.17, 15) is 18.0 Å². The summed E-state index contributed by atoms with van der Waals surface area (Å²) in [4.78, 5) is 12.3. The zero-order valence-corrected chi connectivity index (χ0v) is 13.2. The van der Waals surface area contributed by atoms with Gasteiger partial charge in [0.05, 0.1) is 5.56 Å². The molecule has 2 saturated carbocycles. The predicted octanol–water partition coefficient (Wildman–Crippen LogP) is 5.13. The van der Waals surface area contributed by atoms with Crippen LogP contribution in [0.4, 0.5) is 13.2 Å². The number of benzene rings is 1. The monoisotopic (exact) mass is 322 g/mol. The summed E-state index contributed by atoms with van der Waals surface area (Å²) in [5, 5.41) is 0. The summed E-state index contributed by atoms with van der Waals surface area (Å²) in [6, 6.07) is 4.28. The lowest BCUT2D eigenvalue weighted by Gasteiger charge is -2.48. The molecular weight excluding hydrogens is 301 g/mol. The molecule has 124 valence electrons. The number of carbonyl (C=O) groups excluding carboxylic acids is 1. The Kier molecular flexibility index (Phi) is 3.20. The average Bonchev–Trinajstić information content (AvgIpc) is 2.81. The van der Waals surface area contributed by atoms with Gasteiger partial charge in [-0.25, -0.2) is 0 Å².